The van der Waals surface area contributed by atoms with E-state index in [0.29, 0.717) is 23.5 Å². The van der Waals surface area contributed by atoms with Crippen molar-refractivity contribution in [2.24, 2.45) is 0 Å². The van der Waals surface area contributed by atoms with Gasteiger partial charge in [0.05, 0.1) is 20.3 Å². The fourth-order valence-electron chi connectivity index (χ4n) is 1.81. The Morgan fingerprint density at radius 1 is 1.24 bits per heavy atom. The van der Waals surface area contributed by atoms with Crippen LogP contribution in [0.3, 0.4) is 0 Å². The average molecular weight is 242 g/mol. The molecule has 0 saturated carbocycles. The van der Waals surface area contributed by atoms with Crippen LogP contribution in [-0.2, 0) is 6.42 Å². The minimum Gasteiger partial charge on any atom is -0.493 e. The molecule has 1 aromatic rings. The lowest BCUT2D eigenvalue weighted by molar-refractivity contribution is 0.195. The minimum absolute atomic E-state index is 0.414. The fraction of sp³-hybridized carbons (Fsp3) is 0.538. The predicted molar refractivity (Wildman–Crippen MR) is 64.5 cm³/mol. The first-order valence-electron chi connectivity index (χ1n) is 5.56. The summed E-state index contributed by atoms with van der Waals surface area (Å²) in [5.41, 5.74) is 1.28. The molecule has 17 heavy (non-hydrogen) atoms. The summed E-state index contributed by atoms with van der Waals surface area (Å²) < 4.78 is 23.9. The largest absolute Gasteiger partial charge is 0.493 e. The van der Waals surface area contributed by atoms with Crippen molar-refractivity contribution < 1.29 is 19.0 Å². The smallest absolute Gasteiger partial charge is 0.166 e. The molecular weight excluding hydrogens is 223 g/mol. The van der Waals surface area contributed by atoms with E-state index in [1.54, 1.807) is 19.1 Å². The molecule has 96 valence electrons. The normalized spacial score (nSPS) is 14.2. The van der Waals surface area contributed by atoms with Crippen LogP contribution in [0.25, 0.3) is 0 Å². The van der Waals surface area contributed by atoms with Crippen LogP contribution < -0.4 is 9.47 Å². The number of rotatable bonds is 5. The molecule has 0 heterocycles. The quantitative estimate of drug-likeness (QED) is 0.862. The predicted octanol–water partition coefficient (Wildman–Crippen LogP) is 2.66. The van der Waals surface area contributed by atoms with Gasteiger partial charge in [0.1, 0.15) is 6.17 Å². The number of hydrogen-bond donors (Lipinski definition) is 1. The number of aliphatic hydroxyl groups is 1. The third kappa shape index (κ3) is 3.33. The molecule has 2 atom stereocenters. The van der Waals surface area contributed by atoms with Crippen LogP contribution >= 0.6 is 0 Å². The molecule has 0 aliphatic carbocycles. The van der Waals surface area contributed by atoms with E-state index in [9.17, 15) is 9.50 Å². The molecule has 1 rings (SSSR count). The Labute approximate surface area is 101 Å². The standard InChI is InChI=1S/C13H19FO3/c1-8(15)5-10-6-11(9(2)14)13(17-4)12(7-10)16-3/h6-9,15H,5H2,1-4H3. The van der Waals surface area contributed by atoms with Gasteiger partial charge in [-0.25, -0.2) is 4.39 Å². The van der Waals surface area contributed by atoms with Gasteiger partial charge in [-0.1, -0.05) is 0 Å². The first-order valence-corrected chi connectivity index (χ1v) is 5.56. The second-order valence-corrected chi connectivity index (χ2v) is 4.09. The van der Waals surface area contributed by atoms with Gasteiger partial charge in [0.2, 0.25) is 0 Å². The molecule has 0 fully saturated rings. The van der Waals surface area contributed by atoms with E-state index < -0.39 is 12.3 Å². The molecule has 0 radical (unpaired) electrons. The lowest BCUT2D eigenvalue weighted by atomic mass is 10.0. The Balaban J connectivity index is 3.24. The first-order chi connectivity index (χ1) is 7.99. The zero-order valence-corrected chi connectivity index (χ0v) is 10.7. The number of methoxy groups -OCH3 is 2. The Morgan fingerprint density at radius 3 is 2.29 bits per heavy atom. The molecule has 0 spiro atoms. The first kappa shape index (κ1) is 13.8. The molecule has 2 unspecified atom stereocenters. The minimum atomic E-state index is -1.15. The van der Waals surface area contributed by atoms with Crippen LogP contribution in [0.5, 0.6) is 11.5 Å². The Bertz CT molecular complexity index is 375. The maximum absolute atomic E-state index is 13.5. The van der Waals surface area contributed by atoms with Crippen LogP contribution in [0, 0.1) is 0 Å². The SMILES string of the molecule is COc1cc(CC(C)O)cc(C(C)F)c1OC. The van der Waals surface area contributed by atoms with Crippen molar-refractivity contribution >= 4 is 0 Å². The summed E-state index contributed by atoms with van der Waals surface area (Å²) in [5.74, 6) is 0.905. The second-order valence-electron chi connectivity index (χ2n) is 4.09. The second kappa shape index (κ2) is 5.87. The topological polar surface area (TPSA) is 38.7 Å². The maximum atomic E-state index is 13.5. The lowest BCUT2D eigenvalue weighted by Gasteiger charge is -2.16. The van der Waals surface area contributed by atoms with Gasteiger partial charge in [0, 0.05) is 5.56 Å². The summed E-state index contributed by atoms with van der Waals surface area (Å²) in [7, 11) is 2.99. The summed E-state index contributed by atoms with van der Waals surface area (Å²) in [6, 6.07) is 3.47. The van der Waals surface area contributed by atoms with Crippen molar-refractivity contribution in [2.75, 3.05) is 14.2 Å². The number of halogens is 1. The van der Waals surface area contributed by atoms with Crippen molar-refractivity contribution in [3.63, 3.8) is 0 Å². The highest BCUT2D eigenvalue weighted by molar-refractivity contribution is 5.50. The van der Waals surface area contributed by atoms with Crippen LogP contribution in [0.2, 0.25) is 0 Å². The van der Waals surface area contributed by atoms with E-state index in [4.69, 9.17) is 9.47 Å². The summed E-state index contributed by atoms with van der Waals surface area (Å²) >= 11 is 0. The fourth-order valence-corrected chi connectivity index (χ4v) is 1.81. The van der Waals surface area contributed by atoms with Gasteiger partial charge in [0.25, 0.3) is 0 Å². The third-order valence-electron chi connectivity index (χ3n) is 2.53. The highest BCUT2D eigenvalue weighted by Gasteiger charge is 2.17. The highest BCUT2D eigenvalue weighted by atomic mass is 19.1. The molecule has 1 N–H and O–H groups in total. The van der Waals surface area contributed by atoms with Crippen molar-refractivity contribution in [1.29, 1.82) is 0 Å². The number of aliphatic hydroxyl groups excluding tert-OH is 1. The molecule has 0 aromatic heterocycles. The van der Waals surface area contributed by atoms with Gasteiger partial charge in [-0.2, -0.15) is 0 Å². The third-order valence-corrected chi connectivity index (χ3v) is 2.53. The monoisotopic (exact) mass is 242 g/mol. The van der Waals surface area contributed by atoms with Gasteiger partial charge in [-0.05, 0) is 38.0 Å². The van der Waals surface area contributed by atoms with Gasteiger partial charge >= 0.3 is 0 Å². The van der Waals surface area contributed by atoms with Crippen LogP contribution in [0.15, 0.2) is 12.1 Å². The molecule has 0 bridgehead atoms. The van der Waals surface area contributed by atoms with Crippen molar-refractivity contribution in [1.82, 2.24) is 0 Å². The summed E-state index contributed by atoms with van der Waals surface area (Å²) in [6.45, 7) is 3.14. The Morgan fingerprint density at radius 2 is 1.88 bits per heavy atom. The lowest BCUT2D eigenvalue weighted by Crippen LogP contribution is -2.06. The molecule has 0 saturated heterocycles. The Kier molecular flexibility index (Phi) is 4.75. The van der Waals surface area contributed by atoms with Crippen molar-refractivity contribution in [2.45, 2.75) is 32.5 Å². The molecular formula is C13H19FO3. The molecule has 0 aliphatic heterocycles. The average Bonchev–Trinajstić information content (AvgIpc) is 2.26. The Hall–Kier alpha value is -1.29. The van der Waals surface area contributed by atoms with E-state index in [2.05, 4.69) is 0 Å². The summed E-state index contributed by atoms with van der Waals surface area (Å²) in [4.78, 5) is 0. The molecule has 0 aliphatic rings. The van der Waals surface area contributed by atoms with E-state index >= 15 is 0 Å². The molecule has 0 amide bonds. The van der Waals surface area contributed by atoms with Crippen LogP contribution in [-0.4, -0.2) is 25.4 Å². The van der Waals surface area contributed by atoms with Crippen molar-refractivity contribution in [3.05, 3.63) is 23.3 Å². The van der Waals surface area contributed by atoms with E-state index in [-0.39, 0.29) is 0 Å². The summed E-state index contributed by atoms with van der Waals surface area (Å²) in [5, 5.41) is 9.36. The van der Waals surface area contributed by atoms with Crippen LogP contribution in [0.1, 0.15) is 31.1 Å². The number of benzene rings is 1. The maximum Gasteiger partial charge on any atom is 0.166 e. The van der Waals surface area contributed by atoms with Crippen LogP contribution in [0.4, 0.5) is 4.39 Å². The van der Waals surface area contributed by atoms with Gasteiger partial charge < -0.3 is 14.6 Å². The van der Waals surface area contributed by atoms with Crippen molar-refractivity contribution in [3.8, 4) is 11.5 Å². The molecule has 3 nitrogen and oxygen atoms in total. The van der Waals surface area contributed by atoms with Gasteiger partial charge in [-0.15, -0.1) is 0 Å². The van der Waals surface area contributed by atoms with Gasteiger partial charge in [0.15, 0.2) is 11.5 Å². The number of hydrogen-bond acceptors (Lipinski definition) is 3. The zero-order valence-electron chi connectivity index (χ0n) is 10.7. The zero-order chi connectivity index (χ0) is 13.0. The molecule has 4 heteroatoms. The highest BCUT2D eigenvalue weighted by Crippen LogP contribution is 2.37. The summed E-state index contributed by atoms with van der Waals surface area (Å²) in [6.07, 6.45) is -1.16. The van der Waals surface area contributed by atoms with Gasteiger partial charge in [-0.3, -0.25) is 0 Å². The van der Waals surface area contributed by atoms with E-state index in [1.807, 2.05) is 0 Å². The molecule has 1 aromatic carbocycles. The number of alkyl halides is 1. The van der Waals surface area contributed by atoms with E-state index in [0.717, 1.165) is 5.56 Å². The number of ether oxygens (including phenoxy) is 2. The van der Waals surface area contributed by atoms with E-state index in [1.165, 1.54) is 21.1 Å².